The van der Waals surface area contributed by atoms with Gasteiger partial charge in [0, 0.05) is 31.2 Å². The van der Waals surface area contributed by atoms with Crippen LogP contribution in [0.25, 0.3) is 0 Å². The highest BCUT2D eigenvalue weighted by atomic mass is 127. The van der Waals surface area contributed by atoms with Gasteiger partial charge in [-0.1, -0.05) is 19.1 Å². The number of aryl methyl sites for hydroxylation is 1. The summed E-state index contributed by atoms with van der Waals surface area (Å²) in [6, 6.07) is 6.32. The molecular weight excluding hydrogens is 427 g/mol. The normalized spacial score (nSPS) is 11.9. The quantitative estimate of drug-likeness (QED) is 0.353. The third kappa shape index (κ3) is 8.27. The molecule has 1 aromatic carbocycles. The van der Waals surface area contributed by atoms with Crippen LogP contribution in [0.3, 0.4) is 0 Å². The van der Waals surface area contributed by atoms with Crippen LogP contribution in [0.2, 0.25) is 0 Å². The fourth-order valence-corrected chi connectivity index (χ4v) is 2.01. The predicted octanol–water partition coefficient (Wildman–Crippen LogP) is 3.41. The zero-order valence-electron chi connectivity index (χ0n) is 16.8. The smallest absolute Gasteiger partial charge is 0.191 e. The van der Waals surface area contributed by atoms with Crippen LogP contribution in [0.1, 0.15) is 38.3 Å². The number of nitrogens with zero attached hydrogens (tertiary/aromatic N) is 2. The highest BCUT2D eigenvalue weighted by Crippen LogP contribution is 2.20. The van der Waals surface area contributed by atoms with Gasteiger partial charge in [-0.25, -0.2) is 0 Å². The van der Waals surface area contributed by atoms with Gasteiger partial charge in [0.25, 0.3) is 0 Å². The maximum atomic E-state index is 5.87. The molecule has 0 saturated heterocycles. The van der Waals surface area contributed by atoms with Crippen molar-refractivity contribution < 1.29 is 4.74 Å². The van der Waals surface area contributed by atoms with Gasteiger partial charge in [-0.15, -0.1) is 24.0 Å². The zero-order valence-corrected chi connectivity index (χ0v) is 19.1. The van der Waals surface area contributed by atoms with Crippen molar-refractivity contribution in [2.75, 3.05) is 34.3 Å². The molecule has 0 atom stereocenters. The molecule has 0 spiro atoms. The second-order valence-electron chi connectivity index (χ2n) is 6.95. The van der Waals surface area contributed by atoms with Gasteiger partial charge in [0.05, 0.1) is 6.61 Å². The Balaban J connectivity index is 0.00000576. The lowest BCUT2D eigenvalue weighted by atomic mass is 10.0. The minimum atomic E-state index is 0. The number of benzene rings is 1. The first kappa shape index (κ1) is 24.0. The van der Waals surface area contributed by atoms with Crippen LogP contribution < -0.4 is 15.4 Å². The lowest BCUT2D eigenvalue weighted by molar-refractivity contribution is 0.197. The van der Waals surface area contributed by atoms with Crippen LogP contribution >= 0.6 is 24.0 Å². The molecule has 0 amide bonds. The number of nitrogens with one attached hydrogen (secondary N) is 2. The minimum absolute atomic E-state index is 0. The summed E-state index contributed by atoms with van der Waals surface area (Å²) in [6.07, 6.45) is 1.00. The largest absolute Gasteiger partial charge is 0.493 e. The van der Waals surface area contributed by atoms with Gasteiger partial charge < -0.3 is 20.3 Å². The van der Waals surface area contributed by atoms with Crippen LogP contribution in [-0.4, -0.2) is 50.7 Å². The van der Waals surface area contributed by atoms with Crippen molar-refractivity contribution >= 4 is 29.9 Å². The third-order valence-electron chi connectivity index (χ3n) is 4.25. The van der Waals surface area contributed by atoms with E-state index in [9.17, 15) is 0 Å². The molecule has 0 aliphatic heterocycles. The molecule has 0 heterocycles. The van der Waals surface area contributed by atoms with Crippen molar-refractivity contribution in [1.29, 1.82) is 0 Å². The van der Waals surface area contributed by atoms with E-state index < -0.39 is 0 Å². The van der Waals surface area contributed by atoms with Gasteiger partial charge in [0.15, 0.2) is 5.96 Å². The Morgan fingerprint density at radius 1 is 1.24 bits per heavy atom. The Morgan fingerprint density at radius 3 is 2.48 bits per heavy atom. The maximum Gasteiger partial charge on any atom is 0.191 e. The van der Waals surface area contributed by atoms with E-state index in [1.807, 2.05) is 0 Å². The molecule has 0 unspecified atom stereocenters. The van der Waals surface area contributed by atoms with Crippen LogP contribution in [0.15, 0.2) is 23.2 Å². The Hall–Kier alpha value is -1.02. The number of likely N-dealkylation sites (N-methyl/N-ethyl adjacent to an activating group) is 1. The fraction of sp³-hybridized carbons (Fsp3) is 0.632. The summed E-state index contributed by atoms with van der Waals surface area (Å²) in [4.78, 5) is 6.51. The van der Waals surface area contributed by atoms with Crippen molar-refractivity contribution in [3.8, 4) is 5.75 Å². The molecule has 0 saturated carbocycles. The van der Waals surface area contributed by atoms with Crippen molar-refractivity contribution in [1.82, 2.24) is 15.5 Å². The molecule has 5 nitrogen and oxygen atoms in total. The Kier molecular flexibility index (Phi) is 11.1. The van der Waals surface area contributed by atoms with E-state index in [1.54, 1.807) is 7.05 Å². The Labute approximate surface area is 170 Å². The van der Waals surface area contributed by atoms with Crippen molar-refractivity contribution in [3.63, 3.8) is 0 Å². The topological polar surface area (TPSA) is 48.9 Å². The molecule has 0 aliphatic carbocycles. The summed E-state index contributed by atoms with van der Waals surface area (Å²) in [7, 11) is 5.96. The molecule has 6 heteroatoms. The highest BCUT2D eigenvalue weighted by molar-refractivity contribution is 14.0. The molecule has 0 aromatic heterocycles. The van der Waals surface area contributed by atoms with Crippen molar-refractivity contribution in [2.24, 2.45) is 4.99 Å². The third-order valence-corrected chi connectivity index (χ3v) is 4.25. The monoisotopic (exact) mass is 462 g/mol. The molecular formula is C19H35IN4O. The van der Waals surface area contributed by atoms with Crippen molar-refractivity contribution in [2.45, 2.75) is 46.2 Å². The maximum absolute atomic E-state index is 5.87. The van der Waals surface area contributed by atoms with Crippen LogP contribution in [0, 0.1) is 6.92 Å². The molecule has 144 valence electrons. The number of ether oxygens (including phenoxy) is 1. The van der Waals surface area contributed by atoms with E-state index in [-0.39, 0.29) is 29.5 Å². The summed E-state index contributed by atoms with van der Waals surface area (Å²) >= 11 is 0. The number of rotatable bonds is 8. The summed E-state index contributed by atoms with van der Waals surface area (Å²) in [5.41, 5.74) is 2.40. The number of hydrogen-bond donors (Lipinski definition) is 2. The average molecular weight is 462 g/mol. The Bertz CT molecular complexity index is 544. The molecule has 2 N–H and O–H groups in total. The number of guanidine groups is 1. The lowest BCUT2D eigenvalue weighted by Gasteiger charge is -2.33. The second-order valence-corrected chi connectivity index (χ2v) is 6.95. The fourth-order valence-electron chi connectivity index (χ4n) is 2.01. The lowest BCUT2D eigenvalue weighted by Crippen LogP contribution is -2.50. The van der Waals surface area contributed by atoms with E-state index in [4.69, 9.17) is 4.74 Å². The molecule has 1 aromatic rings. The van der Waals surface area contributed by atoms with E-state index in [0.717, 1.165) is 36.8 Å². The average Bonchev–Trinajstić information content (AvgIpc) is 2.54. The van der Waals surface area contributed by atoms with Crippen LogP contribution in [0.5, 0.6) is 5.75 Å². The van der Waals surface area contributed by atoms with E-state index in [0.29, 0.717) is 6.54 Å². The summed E-state index contributed by atoms with van der Waals surface area (Å²) in [5, 5.41) is 6.77. The van der Waals surface area contributed by atoms with Crippen LogP contribution in [0.4, 0.5) is 0 Å². The van der Waals surface area contributed by atoms with Gasteiger partial charge in [-0.2, -0.15) is 0 Å². The van der Waals surface area contributed by atoms with Crippen molar-refractivity contribution in [3.05, 3.63) is 29.3 Å². The highest BCUT2D eigenvalue weighted by Gasteiger charge is 2.20. The van der Waals surface area contributed by atoms with E-state index >= 15 is 0 Å². The first-order chi connectivity index (χ1) is 11.3. The zero-order chi connectivity index (χ0) is 18.2. The second kappa shape index (κ2) is 11.6. The predicted molar refractivity (Wildman–Crippen MR) is 118 cm³/mol. The number of aliphatic imine (C=N–C) groups is 1. The molecule has 0 aliphatic rings. The van der Waals surface area contributed by atoms with E-state index in [2.05, 4.69) is 80.5 Å². The van der Waals surface area contributed by atoms with E-state index in [1.165, 1.54) is 5.56 Å². The summed E-state index contributed by atoms with van der Waals surface area (Å²) in [6.45, 7) is 10.8. The molecule has 0 bridgehead atoms. The first-order valence-corrected chi connectivity index (χ1v) is 8.64. The number of halogens is 1. The van der Waals surface area contributed by atoms with Crippen LogP contribution in [-0.2, 0) is 6.54 Å². The molecule has 0 radical (unpaired) electrons. The minimum Gasteiger partial charge on any atom is -0.493 e. The van der Waals surface area contributed by atoms with Gasteiger partial charge in [-0.05, 0) is 52.9 Å². The Morgan fingerprint density at radius 2 is 1.92 bits per heavy atom. The van der Waals surface area contributed by atoms with Gasteiger partial charge in [-0.3, -0.25) is 4.99 Å². The summed E-state index contributed by atoms with van der Waals surface area (Å²) < 4.78 is 5.87. The van der Waals surface area contributed by atoms with Gasteiger partial charge in [0.2, 0.25) is 0 Å². The molecule has 0 fully saturated rings. The van der Waals surface area contributed by atoms with Gasteiger partial charge in [0.1, 0.15) is 5.75 Å². The SMILES string of the molecule is CCCOc1cc(C)ccc1CNC(=NC)NCC(C)(C)N(C)C.I. The number of hydrogen-bond acceptors (Lipinski definition) is 3. The standard InChI is InChI=1S/C19H34N4O.HI/c1-8-11-24-17-12-15(2)9-10-16(17)13-21-18(20-5)22-14-19(3,4)23(6)7;/h9-10,12H,8,11,13-14H2,1-7H3,(H2,20,21,22);1H. The molecule has 1 rings (SSSR count). The van der Waals surface area contributed by atoms with Gasteiger partial charge >= 0.3 is 0 Å². The first-order valence-electron chi connectivity index (χ1n) is 8.64. The summed E-state index contributed by atoms with van der Waals surface area (Å²) in [5.74, 6) is 1.75. The molecule has 25 heavy (non-hydrogen) atoms.